The average molecular weight is 247 g/mol. The standard InChI is InChI=1S/C9H12Cl2N4/c10-8-4-7(9(11)15-14-8)13-6-2-1-3-12-5-6/h4,6,12H,1-3,5H2,(H,13,14). The first kappa shape index (κ1) is 10.9. The van der Waals surface area contributed by atoms with Gasteiger partial charge in [-0.1, -0.05) is 23.2 Å². The normalized spacial score (nSPS) is 21.3. The van der Waals surface area contributed by atoms with Crippen LogP contribution in [-0.4, -0.2) is 29.3 Å². The molecule has 0 radical (unpaired) electrons. The van der Waals surface area contributed by atoms with Gasteiger partial charge in [-0.25, -0.2) is 0 Å². The molecule has 0 spiro atoms. The van der Waals surface area contributed by atoms with Crippen LogP contribution in [0.4, 0.5) is 5.69 Å². The molecule has 1 aliphatic heterocycles. The first-order valence-electron chi connectivity index (χ1n) is 4.91. The summed E-state index contributed by atoms with van der Waals surface area (Å²) in [6.45, 7) is 2.03. The number of hydrogen-bond donors (Lipinski definition) is 2. The van der Waals surface area contributed by atoms with E-state index in [9.17, 15) is 0 Å². The van der Waals surface area contributed by atoms with Gasteiger partial charge in [0, 0.05) is 18.7 Å². The number of piperidine rings is 1. The average Bonchev–Trinajstić information content (AvgIpc) is 2.25. The molecule has 15 heavy (non-hydrogen) atoms. The summed E-state index contributed by atoms with van der Waals surface area (Å²) >= 11 is 11.6. The third-order valence-electron chi connectivity index (χ3n) is 2.38. The molecule has 1 unspecified atom stereocenters. The molecule has 2 heterocycles. The van der Waals surface area contributed by atoms with Crippen molar-refractivity contribution in [2.24, 2.45) is 0 Å². The van der Waals surface area contributed by atoms with E-state index < -0.39 is 0 Å². The molecule has 0 saturated carbocycles. The van der Waals surface area contributed by atoms with Gasteiger partial charge in [0.25, 0.3) is 0 Å². The van der Waals surface area contributed by atoms with Gasteiger partial charge in [0.05, 0.1) is 5.69 Å². The smallest absolute Gasteiger partial charge is 0.174 e. The summed E-state index contributed by atoms with van der Waals surface area (Å²) in [5.74, 6) is 0. The number of nitrogens with one attached hydrogen (secondary N) is 2. The van der Waals surface area contributed by atoms with Crippen LogP contribution in [0.15, 0.2) is 6.07 Å². The van der Waals surface area contributed by atoms with E-state index in [-0.39, 0.29) is 0 Å². The van der Waals surface area contributed by atoms with E-state index in [1.165, 1.54) is 6.42 Å². The van der Waals surface area contributed by atoms with E-state index in [0.717, 1.165) is 25.2 Å². The number of hydrogen-bond acceptors (Lipinski definition) is 4. The Morgan fingerprint density at radius 1 is 1.40 bits per heavy atom. The number of nitrogens with zero attached hydrogens (tertiary/aromatic N) is 2. The third kappa shape index (κ3) is 2.93. The summed E-state index contributed by atoms with van der Waals surface area (Å²) in [4.78, 5) is 0. The van der Waals surface area contributed by atoms with Gasteiger partial charge in [-0.15, -0.1) is 10.2 Å². The lowest BCUT2D eigenvalue weighted by Crippen LogP contribution is -2.38. The first-order chi connectivity index (χ1) is 7.25. The Hall–Kier alpha value is -0.580. The van der Waals surface area contributed by atoms with Gasteiger partial charge >= 0.3 is 0 Å². The largest absolute Gasteiger partial charge is 0.378 e. The van der Waals surface area contributed by atoms with E-state index in [0.29, 0.717) is 16.3 Å². The second-order valence-electron chi connectivity index (χ2n) is 3.56. The topological polar surface area (TPSA) is 49.8 Å². The molecule has 1 fully saturated rings. The second kappa shape index (κ2) is 4.96. The zero-order chi connectivity index (χ0) is 10.7. The zero-order valence-corrected chi connectivity index (χ0v) is 9.65. The summed E-state index contributed by atoms with van der Waals surface area (Å²) in [5.41, 5.74) is 0.755. The van der Waals surface area contributed by atoms with Crippen LogP contribution in [0.2, 0.25) is 10.3 Å². The maximum absolute atomic E-state index is 5.90. The van der Waals surface area contributed by atoms with Crippen molar-refractivity contribution >= 4 is 28.9 Å². The molecule has 1 aromatic rings. The van der Waals surface area contributed by atoms with Gasteiger partial charge in [0.1, 0.15) is 0 Å². The lowest BCUT2D eigenvalue weighted by molar-refractivity contribution is 0.480. The molecule has 2 N–H and O–H groups in total. The van der Waals surface area contributed by atoms with Crippen LogP contribution in [0.25, 0.3) is 0 Å². The maximum Gasteiger partial charge on any atom is 0.174 e. The van der Waals surface area contributed by atoms with Crippen LogP contribution < -0.4 is 10.6 Å². The highest BCUT2D eigenvalue weighted by Gasteiger charge is 2.14. The first-order valence-corrected chi connectivity index (χ1v) is 5.67. The van der Waals surface area contributed by atoms with Crippen LogP contribution in [0.1, 0.15) is 12.8 Å². The molecule has 2 rings (SSSR count). The molecule has 6 heteroatoms. The zero-order valence-electron chi connectivity index (χ0n) is 8.13. The van der Waals surface area contributed by atoms with Crippen molar-refractivity contribution in [3.63, 3.8) is 0 Å². The summed E-state index contributed by atoms with van der Waals surface area (Å²) in [6, 6.07) is 2.09. The Bertz CT molecular complexity index is 339. The number of anilines is 1. The molecule has 4 nitrogen and oxygen atoms in total. The molecule has 0 amide bonds. The summed E-state index contributed by atoms with van der Waals surface area (Å²) in [6.07, 6.45) is 2.30. The van der Waals surface area contributed by atoms with Crippen molar-refractivity contribution in [1.82, 2.24) is 15.5 Å². The molecule has 1 aromatic heterocycles. The van der Waals surface area contributed by atoms with Crippen molar-refractivity contribution < 1.29 is 0 Å². The Labute approximate surface area is 98.4 Å². The van der Waals surface area contributed by atoms with E-state index in [1.54, 1.807) is 6.07 Å². The summed E-state index contributed by atoms with van der Waals surface area (Å²) in [7, 11) is 0. The number of aromatic nitrogens is 2. The van der Waals surface area contributed by atoms with E-state index in [1.807, 2.05) is 0 Å². The molecule has 1 aliphatic rings. The number of halogens is 2. The minimum Gasteiger partial charge on any atom is -0.378 e. The Morgan fingerprint density at radius 2 is 2.27 bits per heavy atom. The van der Waals surface area contributed by atoms with Crippen molar-refractivity contribution in [2.75, 3.05) is 18.4 Å². The predicted molar refractivity (Wildman–Crippen MR) is 61.6 cm³/mol. The third-order valence-corrected chi connectivity index (χ3v) is 2.84. The molecule has 0 bridgehead atoms. The summed E-state index contributed by atoms with van der Waals surface area (Å²) in [5, 5.41) is 14.7. The van der Waals surface area contributed by atoms with E-state index in [2.05, 4.69) is 20.8 Å². The van der Waals surface area contributed by atoms with Crippen LogP contribution in [0.5, 0.6) is 0 Å². The van der Waals surface area contributed by atoms with Crippen molar-refractivity contribution in [1.29, 1.82) is 0 Å². The van der Waals surface area contributed by atoms with Gasteiger partial charge in [-0.05, 0) is 19.4 Å². The lowest BCUT2D eigenvalue weighted by atomic mass is 10.1. The quantitative estimate of drug-likeness (QED) is 0.838. The van der Waals surface area contributed by atoms with Gasteiger partial charge in [-0.3, -0.25) is 0 Å². The molecular formula is C9H12Cl2N4. The number of rotatable bonds is 2. The SMILES string of the molecule is Clc1cc(NC2CCCNC2)c(Cl)nn1. The van der Waals surface area contributed by atoms with Crippen molar-refractivity contribution in [3.05, 3.63) is 16.4 Å². The van der Waals surface area contributed by atoms with Crippen LogP contribution in [0.3, 0.4) is 0 Å². The molecule has 0 aliphatic carbocycles. The second-order valence-corrected chi connectivity index (χ2v) is 4.30. The van der Waals surface area contributed by atoms with Gasteiger partial charge in [0.15, 0.2) is 10.3 Å². The van der Waals surface area contributed by atoms with Crippen LogP contribution in [-0.2, 0) is 0 Å². The fourth-order valence-electron chi connectivity index (χ4n) is 1.65. The van der Waals surface area contributed by atoms with Crippen LogP contribution in [0, 0.1) is 0 Å². The van der Waals surface area contributed by atoms with Gasteiger partial charge in [-0.2, -0.15) is 0 Å². The minimum absolute atomic E-state index is 0.352. The van der Waals surface area contributed by atoms with Crippen molar-refractivity contribution in [2.45, 2.75) is 18.9 Å². The lowest BCUT2D eigenvalue weighted by Gasteiger charge is -2.24. The predicted octanol–water partition coefficient (Wildman–Crippen LogP) is 1.95. The van der Waals surface area contributed by atoms with E-state index >= 15 is 0 Å². The van der Waals surface area contributed by atoms with Gasteiger partial charge < -0.3 is 10.6 Å². The fourth-order valence-corrected chi connectivity index (χ4v) is 1.94. The van der Waals surface area contributed by atoms with Crippen molar-refractivity contribution in [3.8, 4) is 0 Å². The molecule has 0 aromatic carbocycles. The summed E-state index contributed by atoms with van der Waals surface area (Å²) < 4.78 is 0. The van der Waals surface area contributed by atoms with E-state index in [4.69, 9.17) is 23.2 Å². The Balaban J connectivity index is 2.05. The molecule has 82 valence electrons. The monoisotopic (exact) mass is 246 g/mol. The highest BCUT2D eigenvalue weighted by atomic mass is 35.5. The highest BCUT2D eigenvalue weighted by molar-refractivity contribution is 6.33. The maximum atomic E-state index is 5.90. The van der Waals surface area contributed by atoms with Crippen LogP contribution >= 0.6 is 23.2 Å². The molecule has 1 saturated heterocycles. The Morgan fingerprint density at radius 3 is 3.00 bits per heavy atom. The molecular weight excluding hydrogens is 235 g/mol. The fraction of sp³-hybridized carbons (Fsp3) is 0.556. The Kier molecular flexibility index (Phi) is 3.61. The minimum atomic E-state index is 0.352. The van der Waals surface area contributed by atoms with Gasteiger partial charge in [0.2, 0.25) is 0 Å². The molecule has 1 atom stereocenters. The highest BCUT2D eigenvalue weighted by Crippen LogP contribution is 2.22.